The summed E-state index contributed by atoms with van der Waals surface area (Å²) in [6, 6.07) is 5.42. The van der Waals surface area contributed by atoms with Gasteiger partial charge < -0.3 is 15.0 Å². The van der Waals surface area contributed by atoms with Crippen LogP contribution in [0.3, 0.4) is 0 Å². The van der Waals surface area contributed by atoms with E-state index in [9.17, 15) is 27.6 Å². The highest BCUT2D eigenvalue weighted by atomic mass is 32.2. The molecule has 0 aromatic heterocycles. The Balaban J connectivity index is 1.35. The fourth-order valence-electron chi connectivity index (χ4n) is 4.71. The second kappa shape index (κ2) is 9.50. The van der Waals surface area contributed by atoms with Gasteiger partial charge in [0, 0.05) is 12.1 Å². The Hall–Kier alpha value is -2.95. The Kier molecular flexibility index (Phi) is 6.68. The maximum atomic E-state index is 13.0. The summed E-state index contributed by atoms with van der Waals surface area (Å²) < 4.78 is 29.1. The molecule has 2 aliphatic heterocycles. The van der Waals surface area contributed by atoms with Gasteiger partial charge in [-0.15, -0.1) is 0 Å². The van der Waals surface area contributed by atoms with Crippen molar-refractivity contribution in [3.8, 4) is 0 Å². The second-order valence-electron chi connectivity index (χ2n) is 8.71. The van der Waals surface area contributed by atoms with Crippen molar-refractivity contribution in [1.82, 2.24) is 15.1 Å². The van der Waals surface area contributed by atoms with Crippen LogP contribution in [0.15, 0.2) is 24.3 Å². The minimum Gasteiger partial charge on any atom is -0.452 e. The molecule has 3 aliphatic rings. The number of imide groups is 1. The van der Waals surface area contributed by atoms with E-state index < -0.39 is 28.4 Å². The van der Waals surface area contributed by atoms with Crippen LogP contribution < -0.4 is 5.32 Å². The van der Waals surface area contributed by atoms with Crippen LogP contribution in [0.4, 0.5) is 4.79 Å². The van der Waals surface area contributed by atoms with Crippen LogP contribution in [0.2, 0.25) is 0 Å². The van der Waals surface area contributed by atoms with Gasteiger partial charge in [0.15, 0.2) is 16.4 Å². The van der Waals surface area contributed by atoms with Gasteiger partial charge in [-0.1, -0.05) is 25.0 Å². The third-order valence-corrected chi connectivity index (χ3v) is 8.15. The number of esters is 1. The fourth-order valence-corrected chi connectivity index (χ4v) is 6.42. The van der Waals surface area contributed by atoms with E-state index in [-0.39, 0.29) is 54.1 Å². The Labute approximate surface area is 192 Å². The first kappa shape index (κ1) is 23.2. The lowest BCUT2D eigenvalue weighted by Gasteiger charge is -2.33. The molecule has 4 amide bonds. The molecule has 2 saturated heterocycles. The molecule has 33 heavy (non-hydrogen) atoms. The number of hydrogen-bond acceptors (Lipinski definition) is 7. The van der Waals surface area contributed by atoms with E-state index >= 15 is 0 Å². The van der Waals surface area contributed by atoms with Crippen LogP contribution in [0.5, 0.6) is 0 Å². The quantitative estimate of drug-likeness (QED) is 0.455. The second-order valence-corrected chi connectivity index (χ2v) is 10.9. The number of nitrogens with zero attached hydrogens (tertiary/aromatic N) is 2. The van der Waals surface area contributed by atoms with E-state index in [1.165, 1.54) is 12.1 Å². The minimum atomic E-state index is -3.15. The Bertz CT molecular complexity index is 1030. The molecule has 4 rings (SSSR count). The number of nitrogens with one attached hydrogen (secondary N) is 1. The Morgan fingerprint density at radius 3 is 2.33 bits per heavy atom. The number of benzene rings is 1. The number of hydrogen-bond donors (Lipinski definition) is 1. The molecule has 10 nitrogen and oxygen atoms in total. The lowest BCUT2D eigenvalue weighted by molar-refractivity contribution is -0.139. The molecule has 1 saturated carbocycles. The van der Waals surface area contributed by atoms with E-state index in [2.05, 4.69) is 5.32 Å². The fraction of sp³-hybridized carbons (Fsp3) is 0.545. The molecule has 0 spiro atoms. The Morgan fingerprint density at radius 2 is 1.76 bits per heavy atom. The van der Waals surface area contributed by atoms with Crippen LogP contribution in [0, 0.1) is 0 Å². The summed E-state index contributed by atoms with van der Waals surface area (Å²) in [5, 5.41) is 2.44. The van der Waals surface area contributed by atoms with Gasteiger partial charge in [0.2, 0.25) is 5.91 Å². The lowest BCUT2D eigenvalue weighted by Crippen LogP contribution is -2.48. The molecule has 1 atom stereocenters. The molecule has 178 valence electrons. The number of urea groups is 1. The van der Waals surface area contributed by atoms with Crippen LogP contribution in [0.25, 0.3) is 0 Å². The molecular weight excluding hydrogens is 450 g/mol. The van der Waals surface area contributed by atoms with Crippen molar-refractivity contribution in [1.29, 1.82) is 0 Å². The van der Waals surface area contributed by atoms with E-state index in [1.807, 2.05) is 0 Å². The van der Waals surface area contributed by atoms with Crippen LogP contribution in [0.1, 0.15) is 48.0 Å². The average Bonchev–Trinajstić information content (AvgIpc) is 3.51. The first-order chi connectivity index (χ1) is 15.7. The maximum Gasteiger partial charge on any atom is 0.338 e. The van der Waals surface area contributed by atoms with Crippen molar-refractivity contribution < 1.29 is 32.3 Å². The number of carbonyl (C=O) groups excluding carboxylic acids is 4. The highest BCUT2D eigenvalue weighted by Gasteiger charge is 2.39. The summed E-state index contributed by atoms with van der Waals surface area (Å²) in [7, 11) is -3.15. The van der Waals surface area contributed by atoms with Crippen molar-refractivity contribution in [3.63, 3.8) is 0 Å². The van der Waals surface area contributed by atoms with Crippen molar-refractivity contribution in [2.75, 3.05) is 24.7 Å². The first-order valence-corrected chi connectivity index (χ1v) is 12.9. The van der Waals surface area contributed by atoms with Gasteiger partial charge in [0.1, 0.15) is 0 Å². The molecule has 0 radical (unpaired) electrons. The normalized spacial score (nSPS) is 22.4. The smallest absolute Gasteiger partial charge is 0.338 e. The third-order valence-electron chi connectivity index (χ3n) is 6.40. The van der Waals surface area contributed by atoms with Gasteiger partial charge in [0.05, 0.1) is 30.2 Å². The van der Waals surface area contributed by atoms with E-state index in [4.69, 9.17) is 4.74 Å². The van der Waals surface area contributed by atoms with Gasteiger partial charge in [-0.3, -0.25) is 14.5 Å². The van der Waals surface area contributed by atoms with Crippen molar-refractivity contribution in [3.05, 3.63) is 35.4 Å². The average molecular weight is 478 g/mol. The first-order valence-electron chi connectivity index (χ1n) is 11.1. The molecule has 1 N–H and O–H groups in total. The van der Waals surface area contributed by atoms with Crippen LogP contribution in [-0.2, 0) is 30.7 Å². The minimum absolute atomic E-state index is 0.0146. The van der Waals surface area contributed by atoms with Crippen molar-refractivity contribution >= 4 is 33.7 Å². The third kappa shape index (κ3) is 5.35. The number of sulfone groups is 1. The topological polar surface area (TPSA) is 130 Å². The van der Waals surface area contributed by atoms with Crippen LogP contribution in [-0.4, -0.2) is 78.8 Å². The number of carbonyl (C=O) groups is 4. The van der Waals surface area contributed by atoms with Gasteiger partial charge in [0.25, 0.3) is 5.91 Å². The summed E-state index contributed by atoms with van der Waals surface area (Å²) in [6.45, 7) is -0.378. The molecule has 0 bridgehead atoms. The highest BCUT2D eigenvalue weighted by Crippen LogP contribution is 2.29. The predicted octanol–water partition coefficient (Wildman–Crippen LogP) is 0.854. The summed E-state index contributed by atoms with van der Waals surface area (Å²) in [5.74, 6) is -1.32. The molecule has 1 aromatic carbocycles. The summed E-state index contributed by atoms with van der Waals surface area (Å²) >= 11 is 0. The zero-order valence-electron chi connectivity index (χ0n) is 18.2. The SMILES string of the molecule is O=C(OCC(=O)N(C1CCCC1)C1CCS(=O)(=O)C1)c1ccc(CN2C(=O)CNC2=O)cc1. The van der Waals surface area contributed by atoms with Gasteiger partial charge in [-0.25, -0.2) is 18.0 Å². The molecule has 3 fully saturated rings. The summed E-state index contributed by atoms with van der Waals surface area (Å²) in [4.78, 5) is 51.5. The summed E-state index contributed by atoms with van der Waals surface area (Å²) in [5.41, 5.74) is 0.905. The molecule has 2 heterocycles. The number of ether oxygens (including phenoxy) is 1. The number of amides is 4. The van der Waals surface area contributed by atoms with E-state index in [0.717, 1.165) is 30.6 Å². The standard InChI is InChI=1S/C22H27N3O7S/c26-19-11-23-22(29)24(19)12-15-5-7-16(8-6-15)21(28)32-13-20(27)25(17-3-1-2-4-17)18-9-10-33(30,31)14-18/h5-8,17-18H,1-4,9-14H2,(H,23,29). The summed E-state index contributed by atoms with van der Waals surface area (Å²) in [6.07, 6.45) is 4.05. The zero-order valence-corrected chi connectivity index (χ0v) is 19.0. The van der Waals surface area contributed by atoms with E-state index in [1.54, 1.807) is 17.0 Å². The van der Waals surface area contributed by atoms with Crippen LogP contribution >= 0.6 is 0 Å². The molecule has 11 heteroatoms. The highest BCUT2D eigenvalue weighted by molar-refractivity contribution is 7.91. The van der Waals surface area contributed by atoms with E-state index in [0.29, 0.717) is 12.0 Å². The van der Waals surface area contributed by atoms with Crippen molar-refractivity contribution in [2.24, 2.45) is 0 Å². The predicted molar refractivity (Wildman–Crippen MR) is 117 cm³/mol. The maximum absolute atomic E-state index is 13.0. The number of rotatable bonds is 7. The van der Waals surface area contributed by atoms with Gasteiger partial charge in [-0.2, -0.15) is 0 Å². The molecular formula is C22H27N3O7S. The zero-order chi connectivity index (χ0) is 23.6. The molecule has 1 aliphatic carbocycles. The van der Waals surface area contributed by atoms with Gasteiger partial charge >= 0.3 is 12.0 Å². The van der Waals surface area contributed by atoms with Crippen molar-refractivity contribution in [2.45, 2.75) is 50.7 Å². The molecule has 1 aromatic rings. The monoisotopic (exact) mass is 477 g/mol. The Morgan fingerprint density at radius 1 is 1.06 bits per heavy atom. The largest absolute Gasteiger partial charge is 0.452 e. The lowest BCUT2D eigenvalue weighted by atomic mass is 10.1. The van der Waals surface area contributed by atoms with Gasteiger partial charge in [-0.05, 0) is 37.0 Å². The molecule has 1 unspecified atom stereocenters.